The Morgan fingerprint density at radius 1 is 1.58 bits per heavy atom. The predicted molar refractivity (Wildman–Crippen MR) is 80.5 cm³/mol. The zero-order valence-electron chi connectivity index (χ0n) is 11.6. The third-order valence-electron chi connectivity index (χ3n) is 3.79. The molecule has 1 unspecified atom stereocenters. The van der Waals surface area contributed by atoms with Crippen LogP contribution in [0.5, 0.6) is 0 Å². The van der Waals surface area contributed by atoms with Gasteiger partial charge in [-0.05, 0) is 32.1 Å². The fourth-order valence-electron chi connectivity index (χ4n) is 2.97. The van der Waals surface area contributed by atoms with Crippen LogP contribution in [0.4, 0.5) is 5.82 Å². The molecule has 0 aromatic carbocycles. The zero-order valence-corrected chi connectivity index (χ0v) is 12.4. The second kappa shape index (κ2) is 5.88. The van der Waals surface area contributed by atoms with Crippen molar-refractivity contribution in [2.24, 2.45) is 18.7 Å². The maximum atomic E-state index is 9.10. The molecule has 19 heavy (non-hydrogen) atoms. The van der Waals surface area contributed by atoms with Gasteiger partial charge in [-0.1, -0.05) is 12.2 Å². The Kier molecular flexibility index (Phi) is 4.42. The molecule has 1 aromatic rings. The summed E-state index contributed by atoms with van der Waals surface area (Å²) in [5.41, 5.74) is 7.61. The minimum atomic E-state index is 0.255. The standard InChI is InChI=1S/C13H22N4OS/c1-9-11(12(14)19)13(16(2)15-9)17-6-3-4-10(8-17)5-7-18/h10,18H,3-8H2,1-2H3,(H2,14,19). The first kappa shape index (κ1) is 14.3. The van der Waals surface area contributed by atoms with Crippen LogP contribution in [0.2, 0.25) is 0 Å². The fourth-order valence-corrected chi connectivity index (χ4v) is 3.21. The Balaban J connectivity index is 2.28. The summed E-state index contributed by atoms with van der Waals surface area (Å²) in [5.74, 6) is 1.56. The van der Waals surface area contributed by atoms with E-state index in [1.807, 2.05) is 18.7 Å². The Labute approximate surface area is 119 Å². The van der Waals surface area contributed by atoms with Crippen LogP contribution in [-0.4, -0.2) is 39.6 Å². The van der Waals surface area contributed by atoms with E-state index in [4.69, 9.17) is 23.1 Å². The van der Waals surface area contributed by atoms with Crippen molar-refractivity contribution in [1.82, 2.24) is 9.78 Å². The quantitative estimate of drug-likeness (QED) is 0.805. The van der Waals surface area contributed by atoms with Gasteiger partial charge in [-0.25, -0.2) is 0 Å². The topological polar surface area (TPSA) is 67.3 Å². The summed E-state index contributed by atoms with van der Waals surface area (Å²) in [6.07, 6.45) is 3.16. The molecule has 1 fully saturated rings. The summed E-state index contributed by atoms with van der Waals surface area (Å²) < 4.78 is 1.87. The fraction of sp³-hybridized carbons (Fsp3) is 0.692. The molecule has 1 aromatic heterocycles. The first-order chi connectivity index (χ1) is 9.04. The second-order valence-corrected chi connectivity index (χ2v) is 5.68. The maximum absolute atomic E-state index is 9.10. The van der Waals surface area contributed by atoms with Crippen LogP contribution in [0.15, 0.2) is 0 Å². The number of hydrogen-bond acceptors (Lipinski definition) is 4. The number of aryl methyl sites for hydroxylation is 2. The molecule has 0 bridgehead atoms. The molecule has 1 aliphatic rings. The lowest BCUT2D eigenvalue weighted by Crippen LogP contribution is -2.38. The monoisotopic (exact) mass is 282 g/mol. The van der Waals surface area contributed by atoms with Crippen LogP contribution < -0.4 is 10.6 Å². The zero-order chi connectivity index (χ0) is 14.0. The summed E-state index contributed by atoms with van der Waals surface area (Å²) in [6, 6.07) is 0. The van der Waals surface area contributed by atoms with E-state index in [1.54, 1.807) is 0 Å². The normalized spacial score (nSPS) is 19.7. The van der Waals surface area contributed by atoms with Crippen LogP contribution in [0.25, 0.3) is 0 Å². The maximum Gasteiger partial charge on any atom is 0.137 e. The molecule has 3 N–H and O–H groups in total. The molecule has 0 aliphatic carbocycles. The van der Waals surface area contributed by atoms with Crippen molar-refractivity contribution in [3.63, 3.8) is 0 Å². The third kappa shape index (κ3) is 2.90. The third-order valence-corrected chi connectivity index (χ3v) is 4.00. The van der Waals surface area contributed by atoms with Gasteiger partial charge in [0.1, 0.15) is 10.8 Å². The lowest BCUT2D eigenvalue weighted by molar-refractivity contribution is 0.244. The number of thiocarbonyl (C=S) groups is 1. The highest BCUT2D eigenvalue weighted by Crippen LogP contribution is 2.28. The van der Waals surface area contributed by atoms with Crippen molar-refractivity contribution >= 4 is 23.0 Å². The number of piperidine rings is 1. The van der Waals surface area contributed by atoms with E-state index in [9.17, 15) is 0 Å². The van der Waals surface area contributed by atoms with Crippen LogP contribution in [0, 0.1) is 12.8 Å². The average Bonchev–Trinajstić information content (AvgIpc) is 2.65. The van der Waals surface area contributed by atoms with Crippen molar-refractivity contribution in [2.45, 2.75) is 26.2 Å². The van der Waals surface area contributed by atoms with Crippen LogP contribution in [0.3, 0.4) is 0 Å². The molecule has 0 saturated carbocycles. The molecule has 1 aliphatic heterocycles. The van der Waals surface area contributed by atoms with E-state index in [-0.39, 0.29) is 6.61 Å². The number of nitrogens with zero attached hydrogens (tertiary/aromatic N) is 3. The molecular weight excluding hydrogens is 260 g/mol. The van der Waals surface area contributed by atoms with E-state index < -0.39 is 0 Å². The number of anilines is 1. The van der Waals surface area contributed by atoms with Gasteiger partial charge in [0.2, 0.25) is 0 Å². The van der Waals surface area contributed by atoms with Gasteiger partial charge in [0.15, 0.2) is 0 Å². The van der Waals surface area contributed by atoms with Crippen molar-refractivity contribution in [3.8, 4) is 0 Å². The number of nitrogens with two attached hydrogens (primary N) is 1. The van der Waals surface area contributed by atoms with Gasteiger partial charge in [-0.2, -0.15) is 5.10 Å². The molecule has 0 spiro atoms. The van der Waals surface area contributed by atoms with Crippen molar-refractivity contribution in [3.05, 3.63) is 11.3 Å². The summed E-state index contributed by atoms with van der Waals surface area (Å²) in [7, 11) is 1.93. The van der Waals surface area contributed by atoms with Gasteiger partial charge in [-0.15, -0.1) is 0 Å². The largest absolute Gasteiger partial charge is 0.396 e. The summed E-state index contributed by atoms with van der Waals surface area (Å²) >= 11 is 5.16. The molecule has 0 amide bonds. The van der Waals surface area contributed by atoms with Crippen LogP contribution in [-0.2, 0) is 7.05 Å². The molecule has 1 saturated heterocycles. The lowest BCUT2D eigenvalue weighted by Gasteiger charge is -2.34. The molecule has 106 valence electrons. The van der Waals surface area contributed by atoms with Gasteiger partial charge in [0.05, 0.1) is 11.3 Å². The second-order valence-electron chi connectivity index (χ2n) is 5.24. The molecule has 2 rings (SSSR count). The number of hydrogen-bond donors (Lipinski definition) is 2. The summed E-state index contributed by atoms with van der Waals surface area (Å²) in [4.78, 5) is 2.71. The minimum Gasteiger partial charge on any atom is -0.396 e. The van der Waals surface area contributed by atoms with E-state index in [2.05, 4.69) is 10.00 Å². The van der Waals surface area contributed by atoms with E-state index in [1.165, 1.54) is 6.42 Å². The minimum absolute atomic E-state index is 0.255. The number of aromatic nitrogens is 2. The number of aliphatic hydroxyl groups excluding tert-OH is 1. The van der Waals surface area contributed by atoms with E-state index in [0.717, 1.165) is 43.0 Å². The highest BCUT2D eigenvalue weighted by Gasteiger charge is 2.26. The Morgan fingerprint density at radius 2 is 2.32 bits per heavy atom. The number of aliphatic hydroxyl groups is 1. The Morgan fingerprint density at radius 3 is 2.95 bits per heavy atom. The average molecular weight is 282 g/mol. The van der Waals surface area contributed by atoms with Gasteiger partial charge >= 0.3 is 0 Å². The first-order valence-electron chi connectivity index (χ1n) is 6.73. The molecule has 0 radical (unpaired) electrons. The van der Waals surface area contributed by atoms with Crippen LogP contribution >= 0.6 is 12.2 Å². The summed E-state index contributed by atoms with van der Waals surface area (Å²) in [5, 5.41) is 13.5. The Hall–Kier alpha value is -1.14. The Bertz CT molecular complexity index is 469. The highest BCUT2D eigenvalue weighted by molar-refractivity contribution is 7.80. The number of rotatable bonds is 4. The van der Waals surface area contributed by atoms with Crippen molar-refractivity contribution < 1.29 is 5.11 Å². The molecule has 2 heterocycles. The van der Waals surface area contributed by atoms with Crippen LogP contribution in [0.1, 0.15) is 30.5 Å². The highest BCUT2D eigenvalue weighted by atomic mass is 32.1. The smallest absolute Gasteiger partial charge is 0.137 e. The van der Waals surface area contributed by atoms with E-state index >= 15 is 0 Å². The predicted octanol–water partition coefficient (Wildman–Crippen LogP) is 0.962. The van der Waals surface area contributed by atoms with E-state index in [0.29, 0.717) is 10.9 Å². The van der Waals surface area contributed by atoms with Crippen molar-refractivity contribution in [2.75, 3.05) is 24.6 Å². The lowest BCUT2D eigenvalue weighted by atomic mass is 9.95. The van der Waals surface area contributed by atoms with Crippen molar-refractivity contribution in [1.29, 1.82) is 0 Å². The van der Waals surface area contributed by atoms with Gasteiger partial charge in [0.25, 0.3) is 0 Å². The van der Waals surface area contributed by atoms with Gasteiger partial charge in [0, 0.05) is 26.7 Å². The van der Waals surface area contributed by atoms with Gasteiger partial charge in [-0.3, -0.25) is 4.68 Å². The molecular formula is C13H22N4OS. The molecule has 1 atom stereocenters. The molecule has 5 nitrogen and oxygen atoms in total. The summed E-state index contributed by atoms with van der Waals surface area (Å²) in [6.45, 7) is 4.13. The van der Waals surface area contributed by atoms with Gasteiger partial charge < -0.3 is 15.7 Å². The first-order valence-corrected chi connectivity index (χ1v) is 7.14. The SMILES string of the molecule is Cc1nn(C)c(N2CCCC(CCO)C2)c1C(N)=S. The molecule has 6 heteroatoms.